The van der Waals surface area contributed by atoms with Crippen molar-refractivity contribution in [2.75, 3.05) is 0 Å². The molecule has 0 atom stereocenters. The van der Waals surface area contributed by atoms with Crippen molar-refractivity contribution in [3.05, 3.63) is 26.3 Å². The van der Waals surface area contributed by atoms with E-state index >= 15 is 0 Å². The second-order valence-corrected chi connectivity index (χ2v) is 5.81. The Bertz CT molecular complexity index is 416. The zero-order valence-corrected chi connectivity index (χ0v) is 11.4. The highest BCUT2D eigenvalue weighted by molar-refractivity contribution is 9.10. The predicted molar refractivity (Wildman–Crippen MR) is 65.3 cm³/mol. The summed E-state index contributed by atoms with van der Waals surface area (Å²) in [4.78, 5) is 18.9. The molecule has 0 saturated heterocycles. The fourth-order valence-electron chi connectivity index (χ4n) is 1.25. The maximum atomic E-state index is 11.7. The minimum atomic E-state index is -0.128. The topological polar surface area (TPSA) is 45.8 Å². The maximum Gasteiger partial charge on any atom is 0.265 e. The average molecular weight is 273 g/mol. The van der Waals surface area contributed by atoms with Gasteiger partial charge < -0.3 is 4.98 Å². The fraction of sp³-hybridized carbons (Fsp3) is 0.636. The minimum absolute atomic E-state index is 0.0985. The van der Waals surface area contributed by atoms with Crippen LogP contribution in [0.3, 0.4) is 0 Å². The zero-order valence-electron chi connectivity index (χ0n) is 9.81. The SMILES string of the molecule is CC(C)c1nc(C(C)(C)C)c(Br)c(=O)[nH]1. The number of aromatic nitrogens is 2. The van der Waals surface area contributed by atoms with Crippen LogP contribution in [0.4, 0.5) is 0 Å². The van der Waals surface area contributed by atoms with Gasteiger partial charge in [-0.2, -0.15) is 0 Å². The molecule has 1 N–H and O–H groups in total. The first-order valence-electron chi connectivity index (χ1n) is 5.03. The van der Waals surface area contributed by atoms with E-state index in [1.165, 1.54) is 0 Å². The highest BCUT2D eigenvalue weighted by Gasteiger charge is 2.22. The molecule has 0 aliphatic rings. The van der Waals surface area contributed by atoms with Crippen LogP contribution < -0.4 is 5.56 Å². The van der Waals surface area contributed by atoms with E-state index in [1.54, 1.807) is 0 Å². The summed E-state index contributed by atoms with van der Waals surface area (Å²) in [5, 5.41) is 0. The molecule has 0 unspecified atom stereocenters. The van der Waals surface area contributed by atoms with Crippen molar-refractivity contribution >= 4 is 15.9 Å². The molecule has 84 valence electrons. The van der Waals surface area contributed by atoms with Gasteiger partial charge in [-0.15, -0.1) is 0 Å². The summed E-state index contributed by atoms with van der Waals surface area (Å²) in [6.07, 6.45) is 0. The van der Waals surface area contributed by atoms with Gasteiger partial charge in [-0.05, 0) is 15.9 Å². The van der Waals surface area contributed by atoms with Crippen LogP contribution in [0.15, 0.2) is 9.27 Å². The summed E-state index contributed by atoms with van der Waals surface area (Å²) in [6, 6.07) is 0. The number of aromatic amines is 1. The lowest BCUT2D eigenvalue weighted by molar-refractivity contribution is 0.552. The Morgan fingerprint density at radius 1 is 1.33 bits per heavy atom. The molecule has 0 amide bonds. The van der Waals surface area contributed by atoms with E-state index in [0.29, 0.717) is 4.47 Å². The number of hydrogen-bond donors (Lipinski definition) is 1. The number of nitrogens with one attached hydrogen (secondary N) is 1. The second-order valence-electron chi connectivity index (χ2n) is 5.02. The first kappa shape index (κ1) is 12.4. The van der Waals surface area contributed by atoms with E-state index < -0.39 is 0 Å². The molecule has 0 spiro atoms. The Balaban J connectivity index is 3.46. The van der Waals surface area contributed by atoms with Crippen LogP contribution in [-0.2, 0) is 5.41 Å². The standard InChI is InChI=1S/C11H17BrN2O/c1-6(2)9-13-8(11(3,4)5)7(12)10(15)14-9/h6H,1-5H3,(H,13,14,15). The molecule has 1 heterocycles. The van der Waals surface area contributed by atoms with E-state index in [2.05, 4.69) is 25.9 Å². The molecule has 0 bridgehead atoms. The van der Waals surface area contributed by atoms with Gasteiger partial charge in [0.15, 0.2) is 0 Å². The lowest BCUT2D eigenvalue weighted by Crippen LogP contribution is -2.23. The molecule has 1 aromatic heterocycles. The normalized spacial score (nSPS) is 12.2. The van der Waals surface area contributed by atoms with Crippen LogP contribution in [0, 0.1) is 0 Å². The summed E-state index contributed by atoms with van der Waals surface area (Å²) in [6.45, 7) is 10.2. The first-order chi connectivity index (χ1) is 6.73. The van der Waals surface area contributed by atoms with Crippen molar-refractivity contribution in [2.45, 2.75) is 46.0 Å². The highest BCUT2D eigenvalue weighted by Crippen LogP contribution is 2.26. The molecule has 0 aliphatic carbocycles. The summed E-state index contributed by atoms with van der Waals surface area (Å²) in [7, 11) is 0. The molecule has 0 radical (unpaired) electrons. The lowest BCUT2D eigenvalue weighted by atomic mass is 9.92. The smallest absolute Gasteiger partial charge is 0.265 e. The monoisotopic (exact) mass is 272 g/mol. The summed E-state index contributed by atoms with van der Waals surface area (Å²) < 4.78 is 0.541. The van der Waals surface area contributed by atoms with Crippen LogP contribution in [0.25, 0.3) is 0 Å². The van der Waals surface area contributed by atoms with Gasteiger partial charge in [-0.25, -0.2) is 4.98 Å². The molecule has 1 rings (SSSR count). The molecule has 0 aromatic carbocycles. The molecule has 3 nitrogen and oxygen atoms in total. The van der Waals surface area contributed by atoms with Crippen molar-refractivity contribution in [3.8, 4) is 0 Å². The number of hydrogen-bond acceptors (Lipinski definition) is 2. The number of nitrogens with zero attached hydrogens (tertiary/aromatic N) is 1. The van der Waals surface area contributed by atoms with Gasteiger partial charge in [0.2, 0.25) is 0 Å². The Morgan fingerprint density at radius 2 is 1.87 bits per heavy atom. The van der Waals surface area contributed by atoms with Crippen molar-refractivity contribution < 1.29 is 0 Å². The summed E-state index contributed by atoms with van der Waals surface area (Å²) >= 11 is 3.29. The fourth-order valence-corrected chi connectivity index (χ4v) is 2.03. The van der Waals surface area contributed by atoms with Crippen molar-refractivity contribution in [1.82, 2.24) is 9.97 Å². The highest BCUT2D eigenvalue weighted by atomic mass is 79.9. The molecule has 0 fully saturated rings. The quantitative estimate of drug-likeness (QED) is 0.855. The Hall–Kier alpha value is -0.640. The van der Waals surface area contributed by atoms with Crippen molar-refractivity contribution in [2.24, 2.45) is 0 Å². The Kier molecular flexibility index (Phi) is 3.38. The van der Waals surface area contributed by atoms with E-state index in [1.807, 2.05) is 34.6 Å². The van der Waals surface area contributed by atoms with Crippen LogP contribution in [-0.4, -0.2) is 9.97 Å². The molecule has 0 saturated carbocycles. The van der Waals surface area contributed by atoms with Crippen LogP contribution in [0.5, 0.6) is 0 Å². The number of halogens is 1. The lowest BCUT2D eigenvalue weighted by Gasteiger charge is -2.20. The van der Waals surface area contributed by atoms with Gasteiger partial charge in [0.05, 0.1) is 5.69 Å². The van der Waals surface area contributed by atoms with E-state index in [-0.39, 0.29) is 16.9 Å². The van der Waals surface area contributed by atoms with Gasteiger partial charge in [-0.3, -0.25) is 4.79 Å². The Labute approximate surface area is 98.5 Å². The predicted octanol–water partition coefficient (Wildman–Crippen LogP) is 2.95. The molecular formula is C11H17BrN2O. The third-order valence-corrected chi connectivity index (χ3v) is 2.87. The second kappa shape index (κ2) is 4.08. The van der Waals surface area contributed by atoms with Crippen molar-refractivity contribution in [3.63, 3.8) is 0 Å². The molecule has 1 aromatic rings. The largest absolute Gasteiger partial charge is 0.309 e. The summed E-state index contributed by atoms with van der Waals surface area (Å²) in [5.41, 5.74) is 0.588. The maximum absolute atomic E-state index is 11.7. The third kappa shape index (κ3) is 2.68. The van der Waals surface area contributed by atoms with Crippen LogP contribution >= 0.6 is 15.9 Å². The van der Waals surface area contributed by atoms with Gasteiger partial charge in [-0.1, -0.05) is 34.6 Å². The number of H-pyrrole nitrogens is 1. The number of rotatable bonds is 1. The third-order valence-electron chi connectivity index (χ3n) is 2.14. The molecule has 0 aliphatic heterocycles. The van der Waals surface area contributed by atoms with Gasteiger partial charge >= 0.3 is 0 Å². The molecule has 15 heavy (non-hydrogen) atoms. The average Bonchev–Trinajstić information content (AvgIpc) is 2.06. The molecule has 4 heteroatoms. The first-order valence-corrected chi connectivity index (χ1v) is 5.83. The van der Waals surface area contributed by atoms with Crippen LogP contribution in [0.1, 0.15) is 52.1 Å². The van der Waals surface area contributed by atoms with Gasteiger partial charge in [0, 0.05) is 11.3 Å². The molecular weight excluding hydrogens is 256 g/mol. The van der Waals surface area contributed by atoms with E-state index in [4.69, 9.17) is 0 Å². The van der Waals surface area contributed by atoms with Crippen molar-refractivity contribution in [1.29, 1.82) is 0 Å². The van der Waals surface area contributed by atoms with E-state index in [0.717, 1.165) is 11.5 Å². The van der Waals surface area contributed by atoms with Gasteiger partial charge in [0.1, 0.15) is 10.3 Å². The zero-order chi connectivity index (χ0) is 11.8. The van der Waals surface area contributed by atoms with E-state index in [9.17, 15) is 4.79 Å². The Morgan fingerprint density at radius 3 is 2.27 bits per heavy atom. The van der Waals surface area contributed by atoms with Gasteiger partial charge in [0.25, 0.3) is 5.56 Å². The minimum Gasteiger partial charge on any atom is -0.309 e. The van der Waals surface area contributed by atoms with Crippen LogP contribution in [0.2, 0.25) is 0 Å². The summed E-state index contributed by atoms with van der Waals surface area (Å²) in [5.74, 6) is 0.972.